The zero-order chi connectivity index (χ0) is 7.56. The van der Waals surface area contributed by atoms with Crippen LogP contribution < -0.4 is 2.89 Å². The summed E-state index contributed by atoms with van der Waals surface area (Å²) in [5, 5.41) is 0. The molecule has 0 bridgehead atoms. The Hall–Kier alpha value is -0.110. The van der Waals surface area contributed by atoms with Crippen LogP contribution in [-0.2, 0) is 0 Å². The van der Waals surface area contributed by atoms with Crippen molar-refractivity contribution in [2.45, 2.75) is 6.92 Å². The summed E-state index contributed by atoms with van der Waals surface area (Å²) in [6.07, 6.45) is 0. The second-order valence-corrected chi connectivity index (χ2v) is 6.51. The fourth-order valence-electron chi connectivity index (χ4n) is 1.07. The number of rotatable bonds is 1. The fourth-order valence-corrected chi connectivity index (χ4v) is 2.50. The summed E-state index contributed by atoms with van der Waals surface area (Å²) in [4.78, 5) is 0. The molecule has 0 fully saturated rings. The number of benzene rings is 1. The van der Waals surface area contributed by atoms with Gasteiger partial charge in [0.2, 0.25) is 0 Å². The second-order valence-electron chi connectivity index (χ2n) is 2.68. The van der Waals surface area contributed by atoms with Gasteiger partial charge in [-0.1, -0.05) is 0 Å². The van der Waals surface area contributed by atoms with Crippen molar-refractivity contribution in [1.82, 2.24) is 0 Å². The summed E-state index contributed by atoms with van der Waals surface area (Å²) in [6, 6.07) is 8.50. The zero-order valence-electron chi connectivity index (χ0n) is 6.76. The van der Waals surface area contributed by atoms with E-state index in [2.05, 4.69) is 41.1 Å². The molecule has 0 atom stereocenters. The zero-order valence-corrected chi connectivity index (χ0v) is 12.5. The number of nitrogens with zero attached hydrogens (tertiary/aromatic N) is 1. The average Bonchev–Trinajstić information content (AvgIpc) is 1.88. The number of aryl methyl sites for hydroxylation is 1. The number of para-hydroxylation sites is 1. The van der Waals surface area contributed by atoms with Crippen LogP contribution in [0.2, 0.25) is 0 Å². The molecule has 1 aromatic carbocycles. The molecule has 1 nitrogen and oxygen atoms in total. The van der Waals surface area contributed by atoms with Crippen LogP contribution in [0.4, 0.5) is 5.69 Å². The van der Waals surface area contributed by atoms with Crippen molar-refractivity contribution in [2.75, 3.05) is 9.94 Å². The Kier molecular flexibility index (Phi) is 2.66. The molecule has 0 aliphatic carbocycles. The molecule has 0 N–H and O–H groups in total. The van der Waals surface area contributed by atoms with Crippen molar-refractivity contribution in [3.05, 3.63) is 29.8 Å². The van der Waals surface area contributed by atoms with E-state index in [4.69, 9.17) is 0 Å². The Morgan fingerprint density at radius 2 is 1.90 bits per heavy atom. The van der Waals surface area contributed by atoms with Gasteiger partial charge in [-0.25, -0.2) is 0 Å². The van der Waals surface area contributed by atoms with Crippen LogP contribution in [0.25, 0.3) is 0 Å². The van der Waals surface area contributed by atoms with E-state index in [9.17, 15) is 0 Å². The SMILES string of the molecule is Cc1ccccc1[N](C)[InH2]. The van der Waals surface area contributed by atoms with Crippen LogP contribution >= 0.6 is 0 Å². The summed E-state index contributed by atoms with van der Waals surface area (Å²) in [6.45, 7) is 2.15. The van der Waals surface area contributed by atoms with E-state index in [0.717, 1.165) is 0 Å². The Balaban J connectivity index is 3.03. The van der Waals surface area contributed by atoms with Gasteiger partial charge >= 0.3 is 77.0 Å². The van der Waals surface area contributed by atoms with E-state index in [0.29, 0.717) is 24.7 Å². The van der Waals surface area contributed by atoms with E-state index >= 15 is 0 Å². The van der Waals surface area contributed by atoms with Crippen LogP contribution in [0, 0.1) is 6.92 Å². The van der Waals surface area contributed by atoms with Crippen LogP contribution in [-0.4, -0.2) is 31.7 Å². The molecule has 0 amide bonds. The molecule has 0 unspecified atom stereocenters. The maximum absolute atomic E-state index is 2.33. The van der Waals surface area contributed by atoms with Gasteiger partial charge in [0, 0.05) is 0 Å². The first-order chi connectivity index (χ1) is 4.72. The summed E-state index contributed by atoms with van der Waals surface area (Å²) >= 11 is 0.592. The summed E-state index contributed by atoms with van der Waals surface area (Å²) in [5.41, 5.74) is 2.77. The van der Waals surface area contributed by atoms with Crippen molar-refractivity contribution < 1.29 is 0 Å². The molecular weight excluding hydrogens is 225 g/mol. The van der Waals surface area contributed by atoms with E-state index in [1.807, 2.05) is 0 Å². The van der Waals surface area contributed by atoms with Gasteiger partial charge in [0.05, 0.1) is 0 Å². The quantitative estimate of drug-likeness (QED) is 0.703. The molecule has 0 spiro atoms. The molecule has 0 radical (unpaired) electrons. The van der Waals surface area contributed by atoms with Gasteiger partial charge in [-0.15, -0.1) is 0 Å². The van der Waals surface area contributed by atoms with E-state index in [1.165, 1.54) is 11.3 Å². The van der Waals surface area contributed by atoms with Gasteiger partial charge in [0.25, 0.3) is 0 Å². The third kappa shape index (κ3) is 1.69. The molecule has 2 heteroatoms. The summed E-state index contributed by atoms with van der Waals surface area (Å²) in [7, 11) is 2.15. The van der Waals surface area contributed by atoms with Crippen LogP contribution in [0.1, 0.15) is 5.56 Å². The van der Waals surface area contributed by atoms with E-state index in [-0.39, 0.29) is 0 Å². The number of hydrogen-bond acceptors (Lipinski definition) is 1. The Morgan fingerprint density at radius 3 is 2.30 bits per heavy atom. The molecule has 0 aliphatic rings. The van der Waals surface area contributed by atoms with Crippen LogP contribution in [0.15, 0.2) is 24.3 Å². The van der Waals surface area contributed by atoms with Gasteiger partial charge < -0.3 is 0 Å². The third-order valence-electron chi connectivity index (χ3n) is 1.60. The predicted molar refractivity (Wildman–Crippen MR) is 48.1 cm³/mol. The van der Waals surface area contributed by atoms with Gasteiger partial charge in [0.15, 0.2) is 0 Å². The Morgan fingerprint density at radius 1 is 1.30 bits per heavy atom. The van der Waals surface area contributed by atoms with Crippen LogP contribution in [0.5, 0.6) is 0 Å². The van der Waals surface area contributed by atoms with Gasteiger partial charge in [-0.05, 0) is 0 Å². The van der Waals surface area contributed by atoms with Gasteiger partial charge in [0.1, 0.15) is 0 Å². The first kappa shape index (κ1) is 7.99. The molecule has 10 heavy (non-hydrogen) atoms. The summed E-state index contributed by atoms with van der Waals surface area (Å²) in [5.74, 6) is 0. The van der Waals surface area contributed by atoms with E-state index in [1.54, 1.807) is 0 Å². The minimum absolute atomic E-state index is 0.592. The Labute approximate surface area is 77.0 Å². The number of anilines is 1. The molecule has 0 heterocycles. The molecular formula is C8H12InN. The first-order valence-corrected chi connectivity index (χ1v) is 6.00. The van der Waals surface area contributed by atoms with Crippen molar-refractivity contribution in [2.24, 2.45) is 0 Å². The molecule has 0 saturated heterocycles. The van der Waals surface area contributed by atoms with Gasteiger partial charge in [-0.3, -0.25) is 0 Å². The monoisotopic (exact) mass is 237 g/mol. The average molecular weight is 237 g/mol. The van der Waals surface area contributed by atoms with Crippen LogP contribution in [0.3, 0.4) is 0 Å². The normalized spacial score (nSPS) is 9.40. The summed E-state index contributed by atoms with van der Waals surface area (Å²) < 4.78 is 2.33. The van der Waals surface area contributed by atoms with Crippen molar-refractivity contribution in [1.29, 1.82) is 0 Å². The number of hydrogen-bond donors (Lipinski definition) is 0. The Bertz CT molecular complexity index is 220. The van der Waals surface area contributed by atoms with E-state index < -0.39 is 0 Å². The first-order valence-electron chi connectivity index (χ1n) is 3.45. The molecule has 0 aliphatic heterocycles. The fraction of sp³-hybridized carbons (Fsp3) is 0.250. The molecule has 0 aromatic heterocycles. The predicted octanol–water partition coefficient (Wildman–Crippen LogP) is 0.979. The van der Waals surface area contributed by atoms with Gasteiger partial charge in [-0.2, -0.15) is 0 Å². The standard InChI is InChI=1S/C8H10N.In.2H/c1-7-5-3-4-6-8(7)9-2;;;/h3-6H,1-2H3;;;/q-1;+1;;. The third-order valence-corrected chi connectivity index (χ3v) is 2.97. The maximum atomic E-state index is 2.33. The van der Waals surface area contributed by atoms with Crippen molar-refractivity contribution >= 4 is 30.3 Å². The second kappa shape index (κ2) is 3.33. The molecule has 1 aromatic rings. The van der Waals surface area contributed by atoms with Crippen molar-refractivity contribution in [3.8, 4) is 0 Å². The minimum atomic E-state index is 0.592. The molecule has 1 rings (SSSR count). The topological polar surface area (TPSA) is 3.24 Å². The van der Waals surface area contributed by atoms with Crippen molar-refractivity contribution in [3.63, 3.8) is 0 Å². The molecule has 0 saturated carbocycles. The molecule has 52 valence electrons.